The van der Waals surface area contributed by atoms with Crippen molar-refractivity contribution in [2.45, 2.75) is 46.2 Å². The van der Waals surface area contributed by atoms with Gasteiger partial charge in [-0.2, -0.15) is 0 Å². The van der Waals surface area contributed by atoms with Gasteiger partial charge in [-0.3, -0.25) is 4.90 Å². The van der Waals surface area contributed by atoms with Gasteiger partial charge in [0.05, 0.1) is 24.7 Å². The van der Waals surface area contributed by atoms with E-state index < -0.39 is 0 Å². The van der Waals surface area contributed by atoms with E-state index in [1.54, 1.807) is 0 Å². The number of imidazole rings is 1. The first kappa shape index (κ1) is 15.1. The molecule has 118 valence electrons. The molecule has 5 heteroatoms. The van der Waals surface area contributed by atoms with Crippen LogP contribution in [0.2, 0.25) is 0 Å². The molecule has 0 bridgehead atoms. The standard InChI is InChI=1S/C17H23N3O2/c1-13(2)22-17-4-3-14(7-15(17)11-21)9-19-5-6-20-12-18-8-16(20)10-19/h3-4,7-8,12-13,21H,5-6,9-11H2,1-2H3. The molecule has 1 aliphatic heterocycles. The molecule has 22 heavy (non-hydrogen) atoms. The van der Waals surface area contributed by atoms with Gasteiger partial charge in [-0.15, -0.1) is 0 Å². The number of nitrogens with zero attached hydrogens (tertiary/aromatic N) is 3. The Labute approximate surface area is 131 Å². The SMILES string of the molecule is CC(C)Oc1ccc(CN2CCn3cncc3C2)cc1CO. The van der Waals surface area contributed by atoms with E-state index in [4.69, 9.17) is 4.74 Å². The van der Waals surface area contributed by atoms with Crippen LogP contribution in [0.4, 0.5) is 0 Å². The molecule has 0 spiro atoms. The van der Waals surface area contributed by atoms with Gasteiger partial charge in [0.2, 0.25) is 0 Å². The summed E-state index contributed by atoms with van der Waals surface area (Å²) in [7, 11) is 0. The zero-order valence-corrected chi connectivity index (χ0v) is 13.2. The summed E-state index contributed by atoms with van der Waals surface area (Å²) in [6.07, 6.45) is 3.94. The molecule has 0 atom stereocenters. The molecule has 1 aromatic heterocycles. The van der Waals surface area contributed by atoms with Gasteiger partial charge in [0.25, 0.3) is 0 Å². The van der Waals surface area contributed by atoms with E-state index in [2.05, 4.69) is 20.5 Å². The zero-order valence-electron chi connectivity index (χ0n) is 13.2. The molecule has 1 N–H and O–H groups in total. The topological polar surface area (TPSA) is 50.5 Å². The maximum Gasteiger partial charge on any atom is 0.125 e. The van der Waals surface area contributed by atoms with Gasteiger partial charge >= 0.3 is 0 Å². The normalized spacial score (nSPS) is 15.1. The van der Waals surface area contributed by atoms with Crippen molar-refractivity contribution in [2.24, 2.45) is 0 Å². The number of aromatic nitrogens is 2. The Morgan fingerprint density at radius 2 is 2.18 bits per heavy atom. The molecule has 2 aromatic rings. The average molecular weight is 301 g/mol. The Kier molecular flexibility index (Phi) is 4.45. The first-order chi connectivity index (χ1) is 10.7. The molecule has 0 saturated heterocycles. The summed E-state index contributed by atoms with van der Waals surface area (Å²) in [5, 5.41) is 9.56. The van der Waals surface area contributed by atoms with E-state index >= 15 is 0 Å². The summed E-state index contributed by atoms with van der Waals surface area (Å²) < 4.78 is 7.94. The van der Waals surface area contributed by atoms with Gasteiger partial charge < -0.3 is 14.4 Å². The highest BCUT2D eigenvalue weighted by molar-refractivity contribution is 5.37. The quantitative estimate of drug-likeness (QED) is 0.919. The fourth-order valence-corrected chi connectivity index (χ4v) is 2.86. The highest BCUT2D eigenvalue weighted by Gasteiger charge is 2.16. The van der Waals surface area contributed by atoms with Crippen molar-refractivity contribution in [3.05, 3.63) is 47.5 Å². The van der Waals surface area contributed by atoms with Crippen LogP contribution in [-0.2, 0) is 26.2 Å². The van der Waals surface area contributed by atoms with Crippen LogP contribution < -0.4 is 4.74 Å². The van der Waals surface area contributed by atoms with Crippen molar-refractivity contribution in [1.29, 1.82) is 0 Å². The van der Waals surface area contributed by atoms with E-state index in [1.807, 2.05) is 38.5 Å². The molecular weight excluding hydrogens is 278 g/mol. The molecule has 5 nitrogen and oxygen atoms in total. The van der Waals surface area contributed by atoms with Gasteiger partial charge in [-0.05, 0) is 31.5 Å². The lowest BCUT2D eigenvalue weighted by atomic mass is 10.1. The van der Waals surface area contributed by atoms with Gasteiger partial charge in [-0.1, -0.05) is 6.07 Å². The van der Waals surface area contributed by atoms with Crippen LogP contribution >= 0.6 is 0 Å². The summed E-state index contributed by atoms with van der Waals surface area (Å²) in [6.45, 7) is 7.78. The molecule has 0 fully saturated rings. The maximum atomic E-state index is 9.56. The molecule has 0 saturated carbocycles. The van der Waals surface area contributed by atoms with Crippen molar-refractivity contribution in [3.8, 4) is 5.75 Å². The number of aliphatic hydroxyl groups excluding tert-OH is 1. The molecule has 0 aliphatic carbocycles. The molecule has 3 rings (SSSR count). The van der Waals surface area contributed by atoms with Crippen LogP contribution in [0.1, 0.15) is 30.7 Å². The maximum absolute atomic E-state index is 9.56. The number of ether oxygens (including phenoxy) is 1. The highest BCUT2D eigenvalue weighted by atomic mass is 16.5. The van der Waals surface area contributed by atoms with Crippen molar-refractivity contribution in [2.75, 3.05) is 6.54 Å². The Morgan fingerprint density at radius 1 is 1.32 bits per heavy atom. The van der Waals surface area contributed by atoms with E-state index in [-0.39, 0.29) is 12.7 Å². The predicted octanol–water partition coefficient (Wildman–Crippen LogP) is 2.18. The van der Waals surface area contributed by atoms with Crippen molar-refractivity contribution in [1.82, 2.24) is 14.5 Å². The van der Waals surface area contributed by atoms with E-state index in [9.17, 15) is 5.11 Å². The van der Waals surface area contributed by atoms with Gasteiger partial charge in [-0.25, -0.2) is 4.98 Å². The monoisotopic (exact) mass is 301 g/mol. The molecule has 0 radical (unpaired) electrons. The predicted molar refractivity (Wildman–Crippen MR) is 84.5 cm³/mol. The van der Waals surface area contributed by atoms with E-state index in [0.29, 0.717) is 0 Å². The van der Waals surface area contributed by atoms with Gasteiger partial charge in [0.15, 0.2) is 0 Å². The molecule has 1 aliphatic rings. The minimum Gasteiger partial charge on any atom is -0.491 e. The number of aliphatic hydroxyl groups is 1. The zero-order chi connectivity index (χ0) is 15.5. The van der Waals surface area contributed by atoms with Crippen molar-refractivity contribution < 1.29 is 9.84 Å². The Morgan fingerprint density at radius 3 is 2.95 bits per heavy atom. The van der Waals surface area contributed by atoms with Crippen LogP contribution in [0.3, 0.4) is 0 Å². The largest absolute Gasteiger partial charge is 0.491 e. The lowest BCUT2D eigenvalue weighted by molar-refractivity contribution is 0.211. The smallest absolute Gasteiger partial charge is 0.125 e. The molecule has 0 unspecified atom stereocenters. The summed E-state index contributed by atoms with van der Waals surface area (Å²) in [4.78, 5) is 6.60. The first-order valence-electron chi connectivity index (χ1n) is 7.76. The first-order valence-corrected chi connectivity index (χ1v) is 7.76. The van der Waals surface area contributed by atoms with Crippen molar-refractivity contribution in [3.63, 3.8) is 0 Å². The minimum absolute atomic E-state index is 0.00264. The fourth-order valence-electron chi connectivity index (χ4n) is 2.86. The average Bonchev–Trinajstić information content (AvgIpc) is 2.96. The van der Waals surface area contributed by atoms with E-state index in [1.165, 1.54) is 11.3 Å². The Balaban J connectivity index is 1.70. The third-order valence-electron chi connectivity index (χ3n) is 3.91. The third-order valence-corrected chi connectivity index (χ3v) is 3.91. The summed E-state index contributed by atoms with van der Waals surface area (Å²) in [5.41, 5.74) is 3.31. The molecule has 1 aromatic carbocycles. The minimum atomic E-state index is 0.00264. The lowest BCUT2D eigenvalue weighted by Crippen LogP contribution is -2.32. The molecule has 0 amide bonds. The lowest BCUT2D eigenvalue weighted by Gasteiger charge is -2.28. The highest BCUT2D eigenvalue weighted by Crippen LogP contribution is 2.23. The second-order valence-electron chi connectivity index (χ2n) is 6.06. The second-order valence-corrected chi connectivity index (χ2v) is 6.06. The second kappa shape index (κ2) is 6.50. The van der Waals surface area contributed by atoms with Crippen LogP contribution in [-0.4, -0.2) is 32.2 Å². The van der Waals surface area contributed by atoms with Gasteiger partial charge in [0, 0.05) is 37.9 Å². The number of fused-ring (bicyclic) bond motifs is 1. The van der Waals surface area contributed by atoms with E-state index in [0.717, 1.165) is 37.5 Å². The number of rotatable bonds is 5. The Hall–Kier alpha value is -1.85. The number of hydrogen-bond acceptors (Lipinski definition) is 4. The van der Waals surface area contributed by atoms with Gasteiger partial charge in [0.1, 0.15) is 5.75 Å². The molecule has 2 heterocycles. The summed E-state index contributed by atoms with van der Waals surface area (Å²) >= 11 is 0. The number of hydrogen-bond donors (Lipinski definition) is 1. The Bertz CT molecular complexity index is 637. The van der Waals surface area contributed by atoms with Crippen molar-refractivity contribution >= 4 is 0 Å². The third kappa shape index (κ3) is 3.31. The summed E-state index contributed by atoms with van der Waals surface area (Å²) in [5.74, 6) is 0.776. The fraction of sp³-hybridized carbons (Fsp3) is 0.471. The number of benzene rings is 1. The van der Waals surface area contributed by atoms with Crippen LogP contribution in [0, 0.1) is 0 Å². The van der Waals surface area contributed by atoms with Crippen LogP contribution in [0.15, 0.2) is 30.7 Å². The molecular formula is C17H23N3O2. The van der Waals surface area contributed by atoms with Crippen LogP contribution in [0.5, 0.6) is 5.75 Å². The summed E-state index contributed by atoms with van der Waals surface area (Å²) in [6, 6.07) is 6.10. The van der Waals surface area contributed by atoms with Crippen LogP contribution in [0.25, 0.3) is 0 Å².